The maximum Gasteiger partial charge on any atom is 0.317 e. The molecule has 2 heterocycles. The summed E-state index contributed by atoms with van der Waals surface area (Å²) in [6.45, 7) is 6.12. The summed E-state index contributed by atoms with van der Waals surface area (Å²) in [6, 6.07) is 8.75. The van der Waals surface area contributed by atoms with E-state index in [1.54, 1.807) is 0 Å². The molecule has 0 bridgehead atoms. The van der Waals surface area contributed by atoms with Crippen molar-refractivity contribution < 1.29 is 9.90 Å². The first-order chi connectivity index (χ1) is 12.2. The topological polar surface area (TPSA) is 55.8 Å². The zero-order valence-corrected chi connectivity index (χ0v) is 15.3. The van der Waals surface area contributed by atoms with Crippen molar-refractivity contribution in [2.45, 2.75) is 64.3 Å². The molecule has 0 spiro atoms. The van der Waals surface area contributed by atoms with E-state index < -0.39 is 0 Å². The molecule has 3 rings (SSSR count). The Bertz CT molecular complexity index is 578. The van der Waals surface area contributed by atoms with Crippen LogP contribution in [0, 0.1) is 0 Å². The Morgan fingerprint density at radius 2 is 2.00 bits per heavy atom. The van der Waals surface area contributed by atoms with Crippen molar-refractivity contribution in [3.05, 3.63) is 35.4 Å². The van der Waals surface area contributed by atoms with E-state index >= 15 is 0 Å². The first-order valence-corrected chi connectivity index (χ1v) is 9.69. The van der Waals surface area contributed by atoms with Gasteiger partial charge in [-0.1, -0.05) is 31.2 Å². The Labute approximate surface area is 151 Å². The van der Waals surface area contributed by atoms with Crippen molar-refractivity contribution in [2.75, 3.05) is 19.6 Å². The molecule has 2 atom stereocenters. The molecule has 0 aromatic heterocycles. The third-order valence-corrected chi connectivity index (χ3v) is 5.55. The number of aliphatic hydroxyl groups excluding tert-OH is 1. The van der Waals surface area contributed by atoms with E-state index in [-0.39, 0.29) is 12.1 Å². The molecule has 5 nitrogen and oxygen atoms in total. The number of amides is 2. The summed E-state index contributed by atoms with van der Waals surface area (Å²) in [5.74, 6) is 0. The molecular formula is C20H31N3O2. The van der Waals surface area contributed by atoms with Crippen molar-refractivity contribution in [3.8, 4) is 0 Å². The molecule has 0 unspecified atom stereocenters. The fourth-order valence-corrected chi connectivity index (χ4v) is 4.05. The van der Waals surface area contributed by atoms with Gasteiger partial charge in [-0.25, -0.2) is 4.79 Å². The lowest BCUT2D eigenvalue weighted by Crippen LogP contribution is -2.48. The van der Waals surface area contributed by atoms with Gasteiger partial charge in [0.15, 0.2) is 0 Å². The number of likely N-dealkylation sites (tertiary alicyclic amines) is 2. The smallest absolute Gasteiger partial charge is 0.317 e. The van der Waals surface area contributed by atoms with Gasteiger partial charge in [0, 0.05) is 38.8 Å². The Kier molecular flexibility index (Phi) is 6.32. The monoisotopic (exact) mass is 345 g/mol. The van der Waals surface area contributed by atoms with Crippen LogP contribution >= 0.6 is 0 Å². The number of aliphatic hydroxyl groups is 1. The van der Waals surface area contributed by atoms with Gasteiger partial charge in [-0.3, -0.25) is 4.90 Å². The number of rotatable bonds is 5. The summed E-state index contributed by atoms with van der Waals surface area (Å²) in [7, 11) is 0. The second-order valence-electron chi connectivity index (χ2n) is 7.36. The minimum absolute atomic E-state index is 0.0675. The maximum atomic E-state index is 12.6. The van der Waals surface area contributed by atoms with Crippen LogP contribution in [0.1, 0.15) is 50.2 Å². The summed E-state index contributed by atoms with van der Waals surface area (Å²) in [5.41, 5.74) is 2.41. The number of piperidine rings is 1. The normalized spacial score (nSPS) is 24.5. The minimum atomic E-state index is -0.197. The quantitative estimate of drug-likeness (QED) is 0.863. The molecular weight excluding hydrogens is 314 g/mol. The van der Waals surface area contributed by atoms with Gasteiger partial charge in [0.2, 0.25) is 0 Å². The number of benzene rings is 1. The van der Waals surface area contributed by atoms with Gasteiger partial charge in [-0.2, -0.15) is 0 Å². The molecule has 138 valence electrons. The van der Waals surface area contributed by atoms with Crippen molar-refractivity contribution >= 4 is 6.03 Å². The number of carbonyl (C=O) groups is 1. The Balaban J connectivity index is 1.58. The molecule has 2 aliphatic rings. The van der Waals surface area contributed by atoms with Crippen LogP contribution in [0.25, 0.3) is 0 Å². The van der Waals surface area contributed by atoms with E-state index in [0.29, 0.717) is 12.6 Å². The molecule has 0 aliphatic carbocycles. The number of nitrogens with one attached hydrogen (secondary N) is 1. The molecule has 2 aliphatic heterocycles. The average molecular weight is 345 g/mol. The van der Waals surface area contributed by atoms with Crippen LogP contribution in [0.15, 0.2) is 24.3 Å². The lowest BCUT2D eigenvalue weighted by molar-refractivity contribution is 0.148. The first kappa shape index (κ1) is 18.2. The highest BCUT2D eigenvalue weighted by molar-refractivity contribution is 5.74. The van der Waals surface area contributed by atoms with E-state index in [9.17, 15) is 9.90 Å². The Hall–Kier alpha value is -1.59. The molecule has 2 amide bonds. The van der Waals surface area contributed by atoms with Gasteiger partial charge in [0.1, 0.15) is 0 Å². The van der Waals surface area contributed by atoms with Gasteiger partial charge in [0.25, 0.3) is 0 Å². The third kappa shape index (κ3) is 4.73. The number of β-amino-alcohol motifs (C(OH)–C–C–N with tert-alkyl or cyclic N) is 1. The SMILES string of the molecule is CC[C@H]1CCCCN1C(=O)NCc1ccccc1CN1CC[C@H](O)C1. The fraction of sp³-hybridized carbons (Fsp3) is 0.650. The van der Waals surface area contributed by atoms with Gasteiger partial charge >= 0.3 is 6.03 Å². The van der Waals surface area contributed by atoms with Crippen LogP contribution in [0.4, 0.5) is 4.79 Å². The molecule has 2 saturated heterocycles. The number of urea groups is 1. The van der Waals surface area contributed by atoms with Crippen LogP contribution in [0.2, 0.25) is 0 Å². The van der Waals surface area contributed by atoms with Crippen molar-refractivity contribution in [2.24, 2.45) is 0 Å². The van der Waals surface area contributed by atoms with Crippen LogP contribution in [-0.2, 0) is 13.1 Å². The summed E-state index contributed by atoms with van der Waals surface area (Å²) >= 11 is 0. The van der Waals surface area contributed by atoms with Crippen LogP contribution in [-0.4, -0.2) is 52.7 Å². The second-order valence-corrected chi connectivity index (χ2v) is 7.36. The highest BCUT2D eigenvalue weighted by Gasteiger charge is 2.25. The summed E-state index contributed by atoms with van der Waals surface area (Å²) < 4.78 is 0. The molecule has 1 aromatic rings. The molecule has 5 heteroatoms. The third-order valence-electron chi connectivity index (χ3n) is 5.55. The van der Waals surface area contributed by atoms with Gasteiger partial charge in [0.05, 0.1) is 6.10 Å². The van der Waals surface area contributed by atoms with Gasteiger partial charge in [-0.15, -0.1) is 0 Å². The molecule has 0 saturated carbocycles. The minimum Gasteiger partial charge on any atom is -0.392 e. The van der Waals surface area contributed by atoms with Crippen LogP contribution in [0.5, 0.6) is 0 Å². The largest absolute Gasteiger partial charge is 0.392 e. The van der Waals surface area contributed by atoms with E-state index in [4.69, 9.17) is 0 Å². The van der Waals surface area contributed by atoms with Gasteiger partial charge in [-0.05, 0) is 43.2 Å². The Morgan fingerprint density at radius 3 is 2.72 bits per heavy atom. The first-order valence-electron chi connectivity index (χ1n) is 9.69. The number of hydrogen-bond acceptors (Lipinski definition) is 3. The highest BCUT2D eigenvalue weighted by Crippen LogP contribution is 2.20. The summed E-state index contributed by atoms with van der Waals surface area (Å²) in [5, 5.41) is 12.8. The van der Waals surface area contributed by atoms with Crippen LogP contribution < -0.4 is 5.32 Å². The number of nitrogens with zero attached hydrogens (tertiary/aromatic N) is 2. The Morgan fingerprint density at radius 1 is 1.20 bits per heavy atom. The molecule has 25 heavy (non-hydrogen) atoms. The average Bonchev–Trinajstić information content (AvgIpc) is 3.05. The van der Waals surface area contributed by atoms with Crippen molar-refractivity contribution in [1.29, 1.82) is 0 Å². The summed E-state index contributed by atoms with van der Waals surface area (Å²) in [4.78, 5) is 16.9. The highest BCUT2D eigenvalue weighted by atomic mass is 16.3. The van der Waals surface area contributed by atoms with E-state index in [2.05, 4.69) is 29.3 Å². The van der Waals surface area contributed by atoms with E-state index in [1.807, 2.05) is 17.0 Å². The molecule has 2 fully saturated rings. The van der Waals surface area contributed by atoms with Crippen molar-refractivity contribution in [1.82, 2.24) is 15.1 Å². The lowest BCUT2D eigenvalue weighted by atomic mass is 10.0. The summed E-state index contributed by atoms with van der Waals surface area (Å²) in [6.07, 6.45) is 5.15. The van der Waals surface area contributed by atoms with Crippen molar-refractivity contribution in [3.63, 3.8) is 0 Å². The maximum absolute atomic E-state index is 12.6. The molecule has 1 aromatic carbocycles. The molecule has 0 radical (unpaired) electrons. The number of carbonyl (C=O) groups excluding carboxylic acids is 1. The lowest BCUT2D eigenvalue weighted by Gasteiger charge is -2.35. The van der Waals surface area contributed by atoms with E-state index in [0.717, 1.165) is 51.9 Å². The zero-order valence-electron chi connectivity index (χ0n) is 15.3. The second kappa shape index (κ2) is 8.68. The van der Waals surface area contributed by atoms with E-state index in [1.165, 1.54) is 17.5 Å². The molecule has 2 N–H and O–H groups in total. The zero-order chi connectivity index (χ0) is 17.6. The predicted octanol–water partition coefficient (Wildman–Crippen LogP) is 2.73. The number of hydrogen-bond donors (Lipinski definition) is 2. The van der Waals surface area contributed by atoms with Crippen LogP contribution in [0.3, 0.4) is 0 Å². The fourth-order valence-electron chi connectivity index (χ4n) is 4.05. The van der Waals surface area contributed by atoms with Gasteiger partial charge < -0.3 is 15.3 Å². The predicted molar refractivity (Wildman–Crippen MR) is 99.2 cm³/mol. The standard InChI is InChI=1S/C20H31N3O2/c1-2-18-9-5-6-11-23(18)20(25)21-13-16-7-3-4-8-17(16)14-22-12-10-19(24)15-22/h3-4,7-8,18-19,24H,2,5-6,9-15H2,1H3,(H,21,25)/t18-,19-/m0/s1.